The van der Waals surface area contributed by atoms with E-state index in [9.17, 15) is 0 Å². The second-order valence-electron chi connectivity index (χ2n) is 7.96. The number of hydrogen-bond donors (Lipinski definition) is 0. The van der Waals surface area contributed by atoms with Crippen molar-refractivity contribution in [2.24, 2.45) is 0 Å². The zero-order chi connectivity index (χ0) is 21.3. The highest BCUT2D eigenvalue weighted by Gasteiger charge is 2.29. The maximum atomic E-state index is 6.10. The van der Waals surface area contributed by atoms with E-state index in [0.717, 1.165) is 59.2 Å². The number of rotatable bonds is 6. The monoisotopic (exact) mass is 406 g/mol. The van der Waals surface area contributed by atoms with Crippen LogP contribution in [0.25, 0.3) is 11.5 Å². The van der Waals surface area contributed by atoms with Crippen molar-refractivity contribution in [3.63, 3.8) is 0 Å². The van der Waals surface area contributed by atoms with Gasteiger partial charge in [0.15, 0.2) is 0 Å². The van der Waals surface area contributed by atoms with E-state index in [1.54, 1.807) is 14.2 Å². The molecule has 0 unspecified atom stereocenters. The summed E-state index contributed by atoms with van der Waals surface area (Å²) in [6.07, 6.45) is 2.30. The number of ether oxygens (including phenoxy) is 2. The first-order valence-corrected chi connectivity index (χ1v) is 10.5. The van der Waals surface area contributed by atoms with E-state index in [2.05, 4.69) is 30.9 Å². The normalized spacial score (nSPS) is 16.8. The molecule has 0 N–H and O–H groups in total. The molecule has 0 saturated carbocycles. The molecule has 0 radical (unpaired) electrons. The molecule has 0 amide bonds. The van der Waals surface area contributed by atoms with Crippen LogP contribution in [0.5, 0.6) is 11.5 Å². The van der Waals surface area contributed by atoms with Crippen LogP contribution in [0.15, 0.2) is 40.8 Å². The number of methoxy groups -OCH3 is 2. The molecule has 1 aromatic heterocycles. The Labute approximate surface area is 178 Å². The Morgan fingerprint density at radius 2 is 1.77 bits per heavy atom. The standard InChI is InChI=1S/C25H30N2O3/c1-16-17(2)23(28-4)13-12-19(16)25-26-21(18(3)30-25)15-27-14-8-10-22(27)20-9-6-7-11-24(20)29-5/h6-7,9,11-13,22H,8,10,14-15H2,1-5H3/t22-/m1/s1. The predicted octanol–water partition coefficient (Wildman–Crippen LogP) is 5.62. The molecule has 2 heterocycles. The van der Waals surface area contributed by atoms with Gasteiger partial charge in [-0.2, -0.15) is 0 Å². The Morgan fingerprint density at radius 3 is 2.53 bits per heavy atom. The van der Waals surface area contributed by atoms with E-state index in [0.29, 0.717) is 11.9 Å². The van der Waals surface area contributed by atoms with Crippen LogP contribution in [-0.2, 0) is 6.54 Å². The number of hydrogen-bond acceptors (Lipinski definition) is 5. The fraction of sp³-hybridized carbons (Fsp3) is 0.400. The Kier molecular flexibility index (Phi) is 5.82. The molecule has 30 heavy (non-hydrogen) atoms. The van der Waals surface area contributed by atoms with Crippen molar-refractivity contribution in [1.82, 2.24) is 9.88 Å². The third-order valence-electron chi connectivity index (χ3n) is 6.29. The molecule has 1 aliphatic rings. The van der Waals surface area contributed by atoms with Crippen LogP contribution in [0.1, 0.15) is 47.0 Å². The van der Waals surface area contributed by atoms with E-state index in [1.165, 1.54) is 12.0 Å². The number of aryl methyl sites for hydroxylation is 1. The highest BCUT2D eigenvalue weighted by molar-refractivity contribution is 5.63. The molecule has 2 aromatic carbocycles. The zero-order valence-electron chi connectivity index (χ0n) is 18.5. The smallest absolute Gasteiger partial charge is 0.226 e. The lowest BCUT2D eigenvalue weighted by Gasteiger charge is -2.25. The zero-order valence-corrected chi connectivity index (χ0v) is 18.5. The summed E-state index contributed by atoms with van der Waals surface area (Å²) in [5, 5.41) is 0. The van der Waals surface area contributed by atoms with Gasteiger partial charge in [0.05, 0.1) is 19.9 Å². The van der Waals surface area contributed by atoms with Gasteiger partial charge in [0.25, 0.3) is 0 Å². The van der Waals surface area contributed by atoms with E-state index < -0.39 is 0 Å². The Bertz CT molecular complexity index is 1040. The van der Waals surface area contributed by atoms with Gasteiger partial charge < -0.3 is 13.9 Å². The molecule has 0 aliphatic carbocycles. The summed E-state index contributed by atoms with van der Waals surface area (Å²) in [5.74, 6) is 3.40. The lowest BCUT2D eigenvalue weighted by molar-refractivity contribution is 0.239. The summed E-state index contributed by atoms with van der Waals surface area (Å²) >= 11 is 0. The summed E-state index contributed by atoms with van der Waals surface area (Å²) in [6, 6.07) is 12.7. The lowest BCUT2D eigenvalue weighted by Crippen LogP contribution is -2.23. The number of nitrogens with zero attached hydrogens (tertiary/aromatic N) is 2. The highest BCUT2D eigenvalue weighted by Crippen LogP contribution is 2.38. The minimum atomic E-state index is 0.339. The molecule has 1 saturated heterocycles. The first-order valence-electron chi connectivity index (χ1n) is 10.5. The van der Waals surface area contributed by atoms with Crippen molar-refractivity contribution in [2.75, 3.05) is 20.8 Å². The Morgan fingerprint density at radius 1 is 1.00 bits per heavy atom. The largest absolute Gasteiger partial charge is 0.496 e. The molecular weight excluding hydrogens is 376 g/mol. The van der Waals surface area contributed by atoms with Crippen molar-refractivity contribution >= 4 is 0 Å². The average Bonchev–Trinajstić information content (AvgIpc) is 3.36. The first-order chi connectivity index (χ1) is 14.5. The van der Waals surface area contributed by atoms with Gasteiger partial charge >= 0.3 is 0 Å². The van der Waals surface area contributed by atoms with Crippen molar-refractivity contribution in [3.05, 3.63) is 64.5 Å². The molecule has 3 aromatic rings. The van der Waals surface area contributed by atoms with E-state index in [-0.39, 0.29) is 0 Å². The van der Waals surface area contributed by atoms with Gasteiger partial charge in [-0.25, -0.2) is 4.98 Å². The molecule has 4 rings (SSSR count). The summed E-state index contributed by atoms with van der Waals surface area (Å²) < 4.78 is 17.2. The fourth-order valence-corrected chi connectivity index (χ4v) is 4.44. The van der Waals surface area contributed by atoms with Gasteiger partial charge in [0.2, 0.25) is 5.89 Å². The van der Waals surface area contributed by atoms with Crippen molar-refractivity contribution in [1.29, 1.82) is 0 Å². The summed E-state index contributed by atoms with van der Waals surface area (Å²) in [7, 11) is 3.44. The molecule has 0 spiro atoms. The SMILES string of the molecule is COc1ccccc1[C@H]1CCCN1Cc1nc(-c2ccc(OC)c(C)c2C)oc1C. The average molecular weight is 407 g/mol. The van der Waals surface area contributed by atoms with Gasteiger partial charge in [-0.15, -0.1) is 0 Å². The molecule has 0 bridgehead atoms. The van der Waals surface area contributed by atoms with Crippen LogP contribution in [0.4, 0.5) is 0 Å². The van der Waals surface area contributed by atoms with Crippen molar-refractivity contribution in [2.45, 2.75) is 46.2 Å². The van der Waals surface area contributed by atoms with E-state index in [4.69, 9.17) is 18.9 Å². The molecule has 5 nitrogen and oxygen atoms in total. The minimum absolute atomic E-state index is 0.339. The van der Waals surface area contributed by atoms with Crippen molar-refractivity contribution < 1.29 is 13.9 Å². The molecule has 5 heteroatoms. The van der Waals surface area contributed by atoms with E-state index in [1.807, 2.05) is 31.2 Å². The second kappa shape index (κ2) is 8.52. The van der Waals surface area contributed by atoms with Crippen molar-refractivity contribution in [3.8, 4) is 23.0 Å². The van der Waals surface area contributed by atoms with Crippen LogP contribution >= 0.6 is 0 Å². The van der Waals surface area contributed by atoms with Gasteiger partial charge in [0, 0.05) is 23.7 Å². The number of aromatic nitrogens is 1. The third-order valence-corrected chi connectivity index (χ3v) is 6.29. The van der Waals surface area contributed by atoms with Crippen LogP contribution in [0.2, 0.25) is 0 Å². The van der Waals surface area contributed by atoms with Crippen LogP contribution in [0, 0.1) is 20.8 Å². The highest BCUT2D eigenvalue weighted by atomic mass is 16.5. The molecule has 1 atom stereocenters. The Hall–Kier alpha value is -2.79. The van der Waals surface area contributed by atoms with Crippen LogP contribution in [-0.4, -0.2) is 30.6 Å². The first kappa shape index (κ1) is 20.5. The van der Waals surface area contributed by atoms with Gasteiger partial charge in [0.1, 0.15) is 17.3 Å². The topological polar surface area (TPSA) is 47.7 Å². The maximum Gasteiger partial charge on any atom is 0.226 e. The molecule has 158 valence electrons. The lowest BCUT2D eigenvalue weighted by atomic mass is 10.0. The van der Waals surface area contributed by atoms with Gasteiger partial charge in [-0.1, -0.05) is 18.2 Å². The van der Waals surface area contributed by atoms with Crippen LogP contribution < -0.4 is 9.47 Å². The summed E-state index contributed by atoms with van der Waals surface area (Å²) in [4.78, 5) is 7.38. The molecule has 1 fully saturated rings. The second-order valence-corrected chi connectivity index (χ2v) is 7.96. The van der Waals surface area contributed by atoms with Gasteiger partial charge in [-0.3, -0.25) is 4.90 Å². The maximum absolute atomic E-state index is 6.10. The summed E-state index contributed by atoms with van der Waals surface area (Å²) in [6.45, 7) is 7.98. The number of likely N-dealkylation sites (tertiary alicyclic amines) is 1. The van der Waals surface area contributed by atoms with E-state index >= 15 is 0 Å². The number of oxazole rings is 1. The number of para-hydroxylation sites is 1. The summed E-state index contributed by atoms with van der Waals surface area (Å²) in [5.41, 5.74) is 5.52. The quantitative estimate of drug-likeness (QED) is 0.532. The van der Waals surface area contributed by atoms with Crippen LogP contribution in [0.3, 0.4) is 0 Å². The number of benzene rings is 2. The Balaban J connectivity index is 1.61. The fourth-order valence-electron chi connectivity index (χ4n) is 4.44. The molecule has 1 aliphatic heterocycles. The van der Waals surface area contributed by atoms with Gasteiger partial charge in [-0.05, 0) is 69.5 Å². The predicted molar refractivity (Wildman–Crippen MR) is 118 cm³/mol. The third kappa shape index (κ3) is 3.70. The molecular formula is C25H30N2O3. The minimum Gasteiger partial charge on any atom is -0.496 e.